The summed E-state index contributed by atoms with van der Waals surface area (Å²) in [6.45, 7) is 2.77. The van der Waals surface area contributed by atoms with Crippen LogP contribution in [0, 0.1) is 6.92 Å². The number of methoxy groups -OCH3 is 1. The molecule has 0 saturated heterocycles. The third-order valence-corrected chi connectivity index (χ3v) is 3.54. The average Bonchev–Trinajstić information content (AvgIpc) is 2.75. The number of hydrogen-bond acceptors (Lipinski definition) is 5. The summed E-state index contributed by atoms with van der Waals surface area (Å²) in [6.07, 6.45) is 1.41. The molecule has 2 aromatic heterocycles. The molecule has 0 aliphatic rings. The van der Waals surface area contributed by atoms with Gasteiger partial charge >= 0.3 is 0 Å². The van der Waals surface area contributed by atoms with Gasteiger partial charge in [-0.2, -0.15) is 0 Å². The van der Waals surface area contributed by atoms with Crippen LogP contribution in [0.25, 0.3) is 10.2 Å². The topological polar surface area (TPSA) is 73.2 Å². The zero-order chi connectivity index (χ0) is 13.8. The first-order chi connectivity index (χ1) is 9.11. The van der Waals surface area contributed by atoms with Gasteiger partial charge in [0, 0.05) is 18.5 Å². The molecule has 0 unspecified atom stereocenters. The van der Waals surface area contributed by atoms with Gasteiger partial charge < -0.3 is 10.1 Å². The maximum absolute atomic E-state index is 12.1. The molecule has 1 amide bonds. The summed E-state index contributed by atoms with van der Waals surface area (Å²) in [5.74, 6) is -0.229. The highest BCUT2D eigenvalue weighted by atomic mass is 32.1. The average molecular weight is 281 g/mol. The van der Waals surface area contributed by atoms with Gasteiger partial charge in [-0.05, 0) is 13.0 Å². The Morgan fingerprint density at radius 1 is 1.58 bits per heavy atom. The first-order valence-corrected chi connectivity index (χ1v) is 6.64. The van der Waals surface area contributed by atoms with E-state index in [9.17, 15) is 9.59 Å². The van der Waals surface area contributed by atoms with Crippen LogP contribution in [-0.2, 0) is 16.1 Å². The molecule has 0 aliphatic carbocycles. The van der Waals surface area contributed by atoms with Crippen molar-refractivity contribution in [3.8, 4) is 0 Å². The molecule has 0 fully saturated rings. The van der Waals surface area contributed by atoms with E-state index in [1.807, 2.05) is 6.92 Å². The maximum Gasteiger partial charge on any atom is 0.262 e. The Labute approximate surface area is 114 Å². The molecule has 2 heterocycles. The number of rotatable bonds is 5. The fourth-order valence-electron chi connectivity index (χ4n) is 1.70. The minimum atomic E-state index is -0.229. The predicted octanol–water partition coefficient (Wildman–Crippen LogP) is 0.529. The third-order valence-electron chi connectivity index (χ3n) is 2.58. The van der Waals surface area contributed by atoms with E-state index in [1.54, 1.807) is 13.2 Å². The number of carbonyl (C=O) groups is 1. The highest BCUT2D eigenvalue weighted by Gasteiger charge is 2.09. The van der Waals surface area contributed by atoms with Crippen LogP contribution < -0.4 is 10.9 Å². The van der Waals surface area contributed by atoms with E-state index in [-0.39, 0.29) is 18.0 Å². The zero-order valence-electron chi connectivity index (χ0n) is 10.8. The van der Waals surface area contributed by atoms with E-state index in [0.29, 0.717) is 23.4 Å². The molecule has 19 heavy (non-hydrogen) atoms. The zero-order valence-corrected chi connectivity index (χ0v) is 11.6. The summed E-state index contributed by atoms with van der Waals surface area (Å²) in [7, 11) is 1.56. The van der Waals surface area contributed by atoms with Crippen LogP contribution in [0.4, 0.5) is 0 Å². The van der Waals surface area contributed by atoms with Crippen molar-refractivity contribution in [3.63, 3.8) is 0 Å². The van der Waals surface area contributed by atoms with E-state index in [4.69, 9.17) is 4.74 Å². The molecule has 0 bridgehead atoms. The van der Waals surface area contributed by atoms with Crippen molar-refractivity contribution in [1.82, 2.24) is 14.9 Å². The van der Waals surface area contributed by atoms with E-state index in [2.05, 4.69) is 10.3 Å². The number of aryl methyl sites for hydroxylation is 1. The SMILES string of the molecule is COCCNC(=O)Cn1cnc2sc(C)cc2c1=O. The van der Waals surface area contributed by atoms with E-state index >= 15 is 0 Å². The van der Waals surface area contributed by atoms with Gasteiger partial charge in [-0.3, -0.25) is 14.2 Å². The molecule has 0 aromatic carbocycles. The molecule has 0 spiro atoms. The van der Waals surface area contributed by atoms with Gasteiger partial charge in [-0.25, -0.2) is 4.98 Å². The van der Waals surface area contributed by atoms with Crippen molar-refractivity contribution in [3.05, 3.63) is 27.6 Å². The first-order valence-electron chi connectivity index (χ1n) is 5.83. The van der Waals surface area contributed by atoms with Crippen molar-refractivity contribution in [2.75, 3.05) is 20.3 Å². The Morgan fingerprint density at radius 2 is 2.37 bits per heavy atom. The van der Waals surface area contributed by atoms with Crippen LogP contribution in [0.2, 0.25) is 0 Å². The second-order valence-corrected chi connectivity index (χ2v) is 5.33. The number of carbonyl (C=O) groups excluding carboxylic acids is 1. The maximum atomic E-state index is 12.1. The number of ether oxygens (including phenoxy) is 1. The number of hydrogen-bond donors (Lipinski definition) is 1. The van der Waals surface area contributed by atoms with Crippen LogP contribution in [0.1, 0.15) is 4.88 Å². The number of fused-ring (bicyclic) bond motifs is 1. The molecule has 2 rings (SSSR count). The standard InChI is InChI=1S/C12H15N3O3S/c1-8-5-9-11(19-8)14-7-15(12(9)17)6-10(16)13-3-4-18-2/h5,7H,3-4,6H2,1-2H3,(H,13,16). The minimum absolute atomic E-state index is 0.0274. The van der Waals surface area contributed by atoms with Crippen molar-refractivity contribution < 1.29 is 9.53 Å². The van der Waals surface area contributed by atoms with Crippen LogP contribution in [-0.4, -0.2) is 35.7 Å². The Hall–Kier alpha value is -1.73. The molecule has 0 atom stereocenters. The van der Waals surface area contributed by atoms with Crippen molar-refractivity contribution >= 4 is 27.5 Å². The lowest BCUT2D eigenvalue weighted by molar-refractivity contribution is -0.121. The monoisotopic (exact) mass is 281 g/mol. The Kier molecular flexibility index (Phi) is 4.28. The normalized spacial score (nSPS) is 10.8. The molecule has 102 valence electrons. The van der Waals surface area contributed by atoms with Crippen molar-refractivity contribution in [1.29, 1.82) is 0 Å². The molecule has 2 aromatic rings. The van der Waals surface area contributed by atoms with E-state index in [1.165, 1.54) is 22.2 Å². The lowest BCUT2D eigenvalue weighted by Crippen LogP contribution is -2.34. The predicted molar refractivity (Wildman–Crippen MR) is 73.5 cm³/mol. The summed E-state index contributed by atoms with van der Waals surface area (Å²) in [5.41, 5.74) is -0.184. The quantitative estimate of drug-likeness (QED) is 0.811. The van der Waals surface area contributed by atoms with Gasteiger partial charge in [-0.15, -0.1) is 11.3 Å². The lowest BCUT2D eigenvalue weighted by Gasteiger charge is -2.06. The van der Waals surface area contributed by atoms with Crippen LogP contribution in [0.5, 0.6) is 0 Å². The van der Waals surface area contributed by atoms with Gasteiger partial charge in [0.1, 0.15) is 11.4 Å². The van der Waals surface area contributed by atoms with Gasteiger partial charge in [0.05, 0.1) is 18.3 Å². The van der Waals surface area contributed by atoms with Crippen LogP contribution in [0.3, 0.4) is 0 Å². The van der Waals surface area contributed by atoms with Crippen LogP contribution in [0.15, 0.2) is 17.2 Å². The molecule has 6 nitrogen and oxygen atoms in total. The molecule has 1 N–H and O–H groups in total. The Bertz CT molecular complexity index is 647. The number of thiophene rings is 1. The lowest BCUT2D eigenvalue weighted by atomic mass is 10.3. The van der Waals surface area contributed by atoms with Crippen molar-refractivity contribution in [2.24, 2.45) is 0 Å². The number of nitrogens with zero attached hydrogens (tertiary/aromatic N) is 2. The summed E-state index contributed by atoms with van der Waals surface area (Å²) in [6, 6.07) is 1.80. The number of aromatic nitrogens is 2. The van der Waals surface area contributed by atoms with E-state index in [0.717, 1.165) is 4.88 Å². The largest absolute Gasteiger partial charge is 0.383 e. The molecular weight excluding hydrogens is 266 g/mol. The van der Waals surface area contributed by atoms with Gasteiger partial charge in [0.25, 0.3) is 5.56 Å². The summed E-state index contributed by atoms with van der Waals surface area (Å²) in [4.78, 5) is 29.7. The van der Waals surface area contributed by atoms with Crippen molar-refractivity contribution in [2.45, 2.75) is 13.5 Å². The second-order valence-electron chi connectivity index (χ2n) is 4.10. The summed E-state index contributed by atoms with van der Waals surface area (Å²) < 4.78 is 6.15. The fraction of sp³-hybridized carbons (Fsp3) is 0.417. The van der Waals surface area contributed by atoms with E-state index < -0.39 is 0 Å². The molecule has 0 aliphatic heterocycles. The highest BCUT2D eigenvalue weighted by molar-refractivity contribution is 7.18. The Morgan fingerprint density at radius 3 is 3.11 bits per heavy atom. The smallest absolute Gasteiger partial charge is 0.262 e. The molecule has 7 heteroatoms. The summed E-state index contributed by atoms with van der Waals surface area (Å²) in [5, 5.41) is 3.23. The van der Waals surface area contributed by atoms with Gasteiger partial charge in [-0.1, -0.05) is 0 Å². The minimum Gasteiger partial charge on any atom is -0.383 e. The third kappa shape index (κ3) is 3.18. The van der Waals surface area contributed by atoms with Gasteiger partial charge in [0.15, 0.2) is 0 Å². The number of amides is 1. The van der Waals surface area contributed by atoms with Crippen LogP contribution >= 0.6 is 11.3 Å². The number of nitrogens with one attached hydrogen (secondary N) is 1. The summed E-state index contributed by atoms with van der Waals surface area (Å²) >= 11 is 1.47. The molecule has 0 saturated carbocycles. The molecule has 0 radical (unpaired) electrons. The fourth-order valence-corrected chi connectivity index (χ4v) is 2.53. The molecular formula is C12H15N3O3S. The second kappa shape index (κ2) is 5.94. The first kappa shape index (κ1) is 13.7. The van der Waals surface area contributed by atoms with Gasteiger partial charge in [0.2, 0.25) is 5.91 Å². The highest BCUT2D eigenvalue weighted by Crippen LogP contribution is 2.19. The Balaban J connectivity index is 2.14.